The largest absolute Gasteiger partial charge is 0.322 e. The van der Waals surface area contributed by atoms with Crippen molar-refractivity contribution in [3.8, 4) is 22.8 Å². The molecule has 0 radical (unpaired) electrons. The van der Waals surface area contributed by atoms with Gasteiger partial charge in [0.25, 0.3) is 5.91 Å². The van der Waals surface area contributed by atoms with Gasteiger partial charge in [-0.05, 0) is 38.0 Å². The summed E-state index contributed by atoms with van der Waals surface area (Å²) in [6, 6.07) is 14.9. The van der Waals surface area contributed by atoms with Crippen LogP contribution in [0.2, 0.25) is 0 Å². The summed E-state index contributed by atoms with van der Waals surface area (Å²) in [6.45, 7) is 4.43. The van der Waals surface area contributed by atoms with Crippen LogP contribution in [0.25, 0.3) is 22.8 Å². The van der Waals surface area contributed by atoms with Crippen LogP contribution in [0.15, 0.2) is 48.5 Å². The van der Waals surface area contributed by atoms with E-state index >= 15 is 0 Å². The van der Waals surface area contributed by atoms with Crippen molar-refractivity contribution in [2.45, 2.75) is 45.3 Å². The molecule has 0 aliphatic carbocycles. The zero-order chi connectivity index (χ0) is 22.4. The van der Waals surface area contributed by atoms with Crippen molar-refractivity contribution in [2.24, 2.45) is 0 Å². The van der Waals surface area contributed by atoms with E-state index in [0.29, 0.717) is 24.4 Å². The summed E-state index contributed by atoms with van der Waals surface area (Å²) in [7, 11) is 0. The number of nitrogens with zero attached hydrogens (tertiary/aromatic N) is 4. The number of hydrogen-bond acceptors (Lipinski definition) is 5. The molecule has 5 rings (SSSR count). The highest BCUT2D eigenvalue weighted by atomic mass is 16.2. The van der Waals surface area contributed by atoms with Crippen LogP contribution >= 0.6 is 0 Å². The SMILES string of the molecule is CC(C)n1nc(-c2ccccc2)nc1-c1ccc2c(c1)CN(C1CCC(=O)NC1=O)C2=O. The van der Waals surface area contributed by atoms with Crippen LogP contribution < -0.4 is 5.32 Å². The second-order valence-corrected chi connectivity index (χ2v) is 8.44. The van der Waals surface area contributed by atoms with E-state index in [1.54, 1.807) is 11.0 Å². The Balaban J connectivity index is 1.49. The van der Waals surface area contributed by atoms with Gasteiger partial charge >= 0.3 is 0 Å². The average Bonchev–Trinajstić information content (AvgIpc) is 3.36. The maximum atomic E-state index is 13.0. The predicted octanol–water partition coefficient (Wildman–Crippen LogP) is 2.95. The van der Waals surface area contributed by atoms with Gasteiger partial charge in [0.1, 0.15) is 6.04 Å². The van der Waals surface area contributed by atoms with Gasteiger partial charge < -0.3 is 4.90 Å². The predicted molar refractivity (Wildman–Crippen MR) is 117 cm³/mol. The third kappa shape index (κ3) is 3.37. The van der Waals surface area contributed by atoms with Crippen LogP contribution in [-0.2, 0) is 16.1 Å². The number of hydrogen-bond donors (Lipinski definition) is 1. The van der Waals surface area contributed by atoms with Gasteiger partial charge in [-0.3, -0.25) is 19.7 Å². The fraction of sp³-hybridized carbons (Fsp3) is 0.292. The third-order valence-corrected chi connectivity index (χ3v) is 5.93. The third-order valence-electron chi connectivity index (χ3n) is 5.93. The van der Waals surface area contributed by atoms with E-state index in [2.05, 4.69) is 19.2 Å². The van der Waals surface area contributed by atoms with Crippen LogP contribution in [-0.4, -0.2) is 43.4 Å². The summed E-state index contributed by atoms with van der Waals surface area (Å²) in [5.74, 6) is 0.496. The fourth-order valence-electron chi connectivity index (χ4n) is 4.30. The van der Waals surface area contributed by atoms with Crippen molar-refractivity contribution in [3.63, 3.8) is 0 Å². The lowest BCUT2D eigenvalue weighted by Crippen LogP contribution is -2.52. The van der Waals surface area contributed by atoms with Crippen LogP contribution in [0.1, 0.15) is 48.7 Å². The van der Waals surface area contributed by atoms with Gasteiger partial charge in [-0.1, -0.05) is 36.4 Å². The molecule has 8 heteroatoms. The first-order valence-corrected chi connectivity index (χ1v) is 10.7. The molecule has 1 N–H and O–H groups in total. The fourth-order valence-corrected chi connectivity index (χ4v) is 4.30. The average molecular weight is 429 g/mol. The molecule has 2 aliphatic heterocycles. The Morgan fingerprint density at radius 1 is 1.03 bits per heavy atom. The molecular formula is C24H23N5O3. The first kappa shape index (κ1) is 20.1. The van der Waals surface area contributed by atoms with Crippen molar-refractivity contribution in [1.82, 2.24) is 25.0 Å². The van der Waals surface area contributed by atoms with Crippen LogP contribution in [0.5, 0.6) is 0 Å². The lowest BCUT2D eigenvalue weighted by atomic mass is 10.0. The summed E-state index contributed by atoms with van der Waals surface area (Å²) in [5, 5.41) is 7.05. The summed E-state index contributed by atoms with van der Waals surface area (Å²) >= 11 is 0. The molecule has 0 saturated carbocycles. The van der Waals surface area contributed by atoms with Gasteiger partial charge in [0.2, 0.25) is 11.8 Å². The Bertz CT molecular complexity index is 1230. The molecule has 8 nitrogen and oxygen atoms in total. The van der Waals surface area contributed by atoms with E-state index in [1.165, 1.54) is 0 Å². The minimum absolute atomic E-state index is 0.102. The quantitative estimate of drug-likeness (QED) is 0.643. The number of amides is 3. The Hall–Kier alpha value is -3.81. The minimum atomic E-state index is -0.625. The summed E-state index contributed by atoms with van der Waals surface area (Å²) in [6.07, 6.45) is 0.584. The molecule has 3 aromatic rings. The Morgan fingerprint density at radius 2 is 1.81 bits per heavy atom. The van der Waals surface area contributed by atoms with Crippen LogP contribution in [0.4, 0.5) is 0 Å². The van der Waals surface area contributed by atoms with E-state index in [-0.39, 0.29) is 24.3 Å². The van der Waals surface area contributed by atoms with Gasteiger partial charge in [-0.15, -0.1) is 0 Å². The topological polar surface area (TPSA) is 97.2 Å². The smallest absolute Gasteiger partial charge is 0.255 e. The molecule has 162 valence electrons. The van der Waals surface area contributed by atoms with Gasteiger partial charge in [0.05, 0.1) is 0 Å². The number of benzene rings is 2. The molecule has 0 bridgehead atoms. The summed E-state index contributed by atoms with van der Waals surface area (Å²) < 4.78 is 1.89. The Labute approximate surface area is 185 Å². The molecule has 1 saturated heterocycles. The lowest BCUT2D eigenvalue weighted by molar-refractivity contribution is -0.136. The molecule has 3 amide bonds. The molecule has 3 heterocycles. The van der Waals surface area contributed by atoms with Crippen LogP contribution in [0.3, 0.4) is 0 Å². The number of nitrogens with one attached hydrogen (secondary N) is 1. The van der Waals surface area contributed by atoms with Crippen LogP contribution in [0, 0.1) is 0 Å². The summed E-state index contributed by atoms with van der Waals surface area (Å²) in [4.78, 5) is 43.1. The first-order valence-electron chi connectivity index (χ1n) is 10.7. The molecule has 0 spiro atoms. The van der Waals surface area contributed by atoms with E-state index in [9.17, 15) is 14.4 Å². The van der Waals surface area contributed by atoms with Gasteiger partial charge in [-0.25, -0.2) is 9.67 Å². The number of carbonyl (C=O) groups excluding carboxylic acids is 3. The van der Waals surface area contributed by atoms with Crippen molar-refractivity contribution < 1.29 is 14.4 Å². The van der Waals surface area contributed by atoms with Crippen molar-refractivity contribution in [2.75, 3.05) is 0 Å². The van der Waals surface area contributed by atoms with E-state index in [4.69, 9.17) is 10.1 Å². The van der Waals surface area contributed by atoms with E-state index < -0.39 is 11.9 Å². The number of fused-ring (bicyclic) bond motifs is 1. The van der Waals surface area contributed by atoms with Gasteiger partial charge in [0.15, 0.2) is 11.6 Å². The molecule has 1 unspecified atom stereocenters. The maximum absolute atomic E-state index is 13.0. The molecule has 1 atom stereocenters. The number of piperidine rings is 1. The zero-order valence-corrected chi connectivity index (χ0v) is 17.9. The highest BCUT2D eigenvalue weighted by Gasteiger charge is 2.39. The highest BCUT2D eigenvalue weighted by molar-refractivity contribution is 6.05. The zero-order valence-electron chi connectivity index (χ0n) is 17.9. The first-order chi connectivity index (χ1) is 15.4. The molecule has 2 aromatic carbocycles. The summed E-state index contributed by atoms with van der Waals surface area (Å²) in [5.41, 5.74) is 3.23. The van der Waals surface area contributed by atoms with Crippen molar-refractivity contribution in [3.05, 3.63) is 59.7 Å². The Morgan fingerprint density at radius 3 is 2.53 bits per heavy atom. The number of aromatic nitrogens is 3. The maximum Gasteiger partial charge on any atom is 0.255 e. The lowest BCUT2D eigenvalue weighted by Gasteiger charge is -2.29. The number of rotatable bonds is 4. The number of carbonyl (C=O) groups is 3. The Kier molecular flexibility index (Phi) is 4.84. The number of imide groups is 1. The molecule has 32 heavy (non-hydrogen) atoms. The molecule has 1 aromatic heterocycles. The molecular weight excluding hydrogens is 406 g/mol. The van der Waals surface area contributed by atoms with Crippen molar-refractivity contribution >= 4 is 17.7 Å². The normalized spacial score (nSPS) is 18.3. The minimum Gasteiger partial charge on any atom is -0.322 e. The second kappa shape index (κ2) is 7.71. The standard InChI is InChI=1S/C24H23N5O3/c1-14(2)29-22(26-21(27-29)15-6-4-3-5-7-15)16-8-9-18-17(12-16)13-28(24(18)32)19-10-11-20(30)25-23(19)31/h3-9,12,14,19H,10-11,13H2,1-2H3,(H,25,30,31). The van der Waals surface area contributed by atoms with E-state index in [1.807, 2.05) is 47.1 Å². The van der Waals surface area contributed by atoms with E-state index in [0.717, 1.165) is 22.5 Å². The van der Waals surface area contributed by atoms with Gasteiger partial charge in [0, 0.05) is 35.7 Å². The molecule has 2 aliphatic rings. The highest BCUT2D eigenvalue weighted by Crippen LogP contribution is 2.32. The molecule has 1 fully saturated rings. The van der Waals surface area contributed by atoms with Crippen molar-refractivity contribution in [1.29, 1.82) is 0 Å². The monoisotopic (exact) mass is 429 g/mol. The second-order valence-electron chi connectivity index (χ2n) is 8.44. The van der Waals surface area contributed by atoms with Gasteiger partial charge in [-0.2, -0.15) is 5.10 Å².